The summed E-state index contributed by atoms with van der Waals surface area (Å²) in [7, 11) is 0. The molecular weight excluding hydrogens is 490 g/mol. The Labute approximate surface area is 228 Å². The van der Waals surface area contributed by atoms with Crippen molar-refractivity contribution in [1.82, 2.24) is 23.9 Å². The van der Waals surface area contributed by atoms with Gasteiger partial charge in [-0.15, -0.1) is 0 Å². The average Bonchev–Trinajstić information content (AvgIpc) is 3.54. The highest BCUT2D eigenvalue weighted by atomic mass is 15.2. The van der Waals surface area contributed by atoms with E-state index in [1.165, 1.54) is 16.2 Å². The second-order valence-electron chi connectivity index (χ2n) is 10.2. The number of pyridine rings is 1. The normalized spacial score (nSPS) is 12.0. The van der Waals surface area contributed by atoms with Gasteiger partial charge in [0.1, 0.15) is 5.65 Å². The molecule has 0 aliphatic carbocycles. The summed E-state index contributed by atoms with van der Waals surface area (Å²) in [6, 6.07) is 42.0. The van der Waals surface area contributed by atoms with Crippen molar-refractivity contribution in [2.24, 2.45) is 0 Å². The average molecular weight is 512 g/mol. The number of hydrogen-bond donors (Lipinski definition) is 0. The van der Waals surface area contributed by atoms with Crippen molar-refractivity contribution in [3.05, 3.63) is 128 Å². The lowest BCUT2D eigenvalue weighted by molar-refractivity contribution is 1.01. The maximum atomic E-state index is 5.25. The predicted octanol–water partition coefficient (Wildman–Crippen LogP) is 8.35. The Morgan fingerprint density at radius 3 is 2.15 bits per heavy atom. The molecule has 5 nitrogen and oxygen atoms in total. The Kier molecular flexibility index (Phi) is 4.27. The van der Waals surface area contributed by atoms with E-state index in [0.29, 0.717) is 5.95 Å². The molecule has 0 aliphatic rings. The second-order valence-corrected chi connectivity index (χ2v) is 10.2. The van der Waals surface area contributed by atoms with E-state index in [2.05, 4.69) is 112 Å². The zero-order chi connectivity index (χ0) is 26.2. The number of fused-ring (bicyclic) bond motifs is 9. The van der Waals surface area contributed by atoms with Crippen LogP contribution in [0.25, 0.3) is 77.4 Å². The predicted molar refractivity (Wildman–Crippen MR) is 163 cm³/mol. The van der Waals surface area contributed by atoms with Crippen molar-refractivity contribution in [2.75, 3.05) is 0 Å². The molecule has 9 rings (SSSR count). The highest BCUT2D eigenvalue weighted by molar-refractivity contribution is 6.21. The summed E-state index contributed by atoms with van der Waals surface area (Å²) in [6.07, 6.45) is 2.19. The molecule has 186 valence electrons. The van der Waals surface area contributed by atoms with Crippen molar-refractivity contribution < 1.29 is 0 Å². The van der Waals surface area contributed by atoms with Crippen LogP contribution in [0.5, 0.6) is 0 Å². The summed E-state index contributed by atoms with van der Waals surface area (Å²) < 4.78 is 4.39. The van der Waals surface area contributed by atoms with Gasteiger partial charge in [0.25, 0.3) is 0 Å². The molecule has 0 radical (unpaired) electrons. The summed E-state index contributed by atoms with van der Waals surface area (Å²) in [5, 5.41) is 5.75. The molecule has 0 aliphatic heterocycles. The van der Waals surface area contributed by atoms with Crippen LogP contribution >= 0.6 is 0 Å². The van der Waals surface area contributed by atoms with E-state index in [-0.39, 0.29) is 0 Å². The Bertz CT molecular complexity index is 2430. The first-order valence-corrected chi connectivity index (χ1v) is 13.4. The van der Waals surface area contributed by atoms with Crippen molar-refractivity contribution in [2.45, 2.75) is 0 Å². The van der Waals surface area contributed by atoms with Crippen molar-refractivity contribution in [1.29, 1.82) is 0 Å². The summed E-state index contributed by atoms with van der Waals surface area (Å²) in [4.78, 5) is 15.3. The Morgan fingerprint density at radius 1 is 0.500 bits per heavy atom. The minimum Gasteiger partial charge on any atom is -0.297 e. The van der Waals surface area contributed by atoms with Crippen molar-refractivity contribution >= 4 is 60.2 Å². The van der Waals surface area contributed by atoms with Crippen LogP contribution in [0.3, 0.4) is 0 Å². The molecule has 0 N–H and O–H groups in total. The molecule has 5 aromatic carbocycles. The minimum absolute atomic E-state index is 0.650. The first kappa shape index (κ1) is 21.4. The fourth-order valence-electron chi connectivity index (χ4n) is 6.13. The lowest BCUT2D eigenvalue weighted by Crippen LogP contribution is -2.04. The highest BCUT2D eigenvalue weighted by Crippen LogP contribution is 2.38. The van der Waals surface area contributed by atoms with E-state index in [0.717, 1.165) is 55.3 Å². The molecular formula is C35H21N5. The zero-order valence-electron chi connectivity index (χ0n) is 21.4. The van der Waals surface area contributed by atoms with Gasteiger partial charge in [0.15, 0.2) is 0 Å². The number of para-hydroxylation sites is 3. The number of aromatic nitrogens is 5. The molecule has 0 amide bonds. The summed E-state index contributed by atoms with van der Waals surface area (Å²) in [5.41, 5.74) is 7.98. The van der Waals surface area contributed by atoms with Crippen LogP contribution < -0.4 is 0 Å². The molecule has 4 heterocycles. The van der Waals surface area contributed by atoms with Gasteiger partial charge in [0, 0.05) is 27.9 Å². The van der Waals surface area contributed by atoms with E-state index in [1.807, 2.05) is 24.3 Å². The highest BCUT2D eigenvalue weighted by Gasteiger charge is 2.20. The Balaban J connectivity index is 1.48. The van der Waals surface area contributed by atoms with Gasteiger partial charge in [-0.25, -0.2) is 15.0 Å². The third kappa shape index (κ3) is 2.94. The van der Waals surface area contributed by atoms with Gasteiger partial charge in [-0.05, 0) is 41.1 Å². The van der Waals surface area contributed by atoms with Crippen molar-refractivity contribution in [3.63, 3.8) is 0 Å². The van der Waals surface area contributed by atoms with Gasteiger partial charge in [-0.3, -0.25) is 8.97 Å². The molecule has 4 aromatic heterocycles. The van der Waals surface area contributed by atoms with E-state index in [9.17, 15) is 0 Å². The van der Waals surface area contributed by atoms with Gasteiger partial charge in [-0.2, -0.15) is 0 Å². The third-order valence-corrected chi connectivity index (χ3v) is 7.92. The van der Waals surface area contributed by atoms with Crippen molar-refractivity contribution in [3.8, 4) is 17.2 Å². The third-order valence-electron chi connectivity index (χ3n) is 7.92. The summed E-state index contributed by atoms with van der Waals surface area (Å²) in [6.45, 7) is 0. The number of rotatable bonds is 2. The second kappa shape index (κ2) is 7.98. The van der Waals surface area contributed by atoms with Gasteiger partial charge in [0.05, 0.1) is 33.3 Å². The van der Waals surface area contributed by atoms with E-state index < -0.39 is 0 Å². The zero-order valence-corrected chi connectivity index (χ0v) is 21.4. The molecule has 0 bridgehead atoms. The summed E-state index contributed by atoms with van der Waals surface area (Å²) >= 11 is 0. The molecule has 0 unspecified atom stereocenters. The van der Waals surface area contributed by atoms with E-state index in [4.69, 9.17) is 15.0 Å². The lowest BCUT2D eigenvalue weighted by Gasteiger charge is -2.12. The maximum Gasteiger partial charge on any atom is 0.235 e. The Hall–Kier alpha value is -5.55. The molecule has 0 fully saturated rings. The topological polar surface area (TPSA) is 48.0 Å². The fraction of sp³-hybridized carbons (Fsp3) is 0. The summed E-state index contributed by atoms with van der Waals surface area (Å²) in [5.74, 6) is 0.650. The molecule has 0 spiro atoms. The quantitative estimate of drug-likeness (QED) is 0.234. The SMILES string of the molecule is c1ccc(-c2nc(-n3c4cn5c(cc4c4c6ccccc6ccc43)nc3ccccc35)nc3ccccc23)cc1. The van der Waals surface area contributed by atoms with E-state index in [1.54, 1.807) is 0 Å². The first-order chi connectivity index (χ1) is 19.8. The van der Waals surface area contributed by atoms with Crippen LogP contribution in [0, 0.1) is 0 Å². The molecule has 9 aromatic rings. The van der Waals surface area contributed by atoms with Crippen LogP contribution in [0.4, 0.5) is 0 Å². The number of hydrogen-bond acceptors (Lipinski definition) is 3. The van der Waals surface area contributed by atoms with Gasteiger partial charge >= 0.3 is 0 Å². The number of imidazole rings is 1. The molecule has 0 saturated carbocycles. The molecule has 0 atom stereocenters. The first-order valence-electron chi connectivity index (χ1n) is 13.4. The number of benzene rings is 5. The molecule has 0 saturated heterocycles. The monoisotopic (exact) mass is 511 g/mol. The van der Waals surface area contributed by atoms with Crippen LogP contribution in [0.15, 0.2) is 128 Å². The van der Waals surface area contributed by atoms with Gasteiger partial charge in [0.2, 0.25) is 5.95 Å². The van der Waals surface area contributed by atoms with Gasteiger partial charge in [-0.1, -0.05) is 91.0 Å². The smallest absolute Gasteiger partial charge is 0.235 e. The maximum absolute atomic E-state index is 5.25. The lowest BCUT2D eigenvalue weighted by atomic mass is 10.0. The fourth-order valence-corrected chi connectivity index (χ4v) is 6.13. The minimum atomic E-state index is 0.650. The van der Waals surface area contributed by atoms with Crippen LogP contribution in [-0.4, -0.2) is 23.9 Å². The largest absolute Gasteiger partial charge is 0.297 e. The standard InChI is InChI=1S/C35H21N5/c1-2-11-23(12-3-1)34-25-14-6-7-15-27(25)37-35(38-34)40-30-19-18-22-10-4-5-13-24(22)33(30)26-20-32-36-28-16-8-9-17-29(28)39(32)21-31(26)40/h1-21H. The van der Waals surface area contributed by atoms with Crippen LogP contribution in [0.2, 0.25) is 0 Å². The number of nitrogens with zero attached hydrogens (tertiary/aromatic N) is 5. The van der Waals surface area contributed by atoms with Gasteiger partial charge < -0.3 is 0 Å². The molecule has 5 heteroatoms. The Morgan fingerprint density at radius 2 is 1.25 bits per heavy atom. The van der Waals surface area contributed by atoms with Crippen LogP contribution in [-0.2, 0) is 0 Å². The molecule has 40 heavy (non-hydrogen) atoms. The van der Waals surface area contributed by atoms with Crippen LogP contribution in [0.1, 0.15) is 0 Å². The van der Waals surface area contributed by atoms with E-state index >= 15 is 0 Å².